The average Bonchev–Trinajstić information content (AvgIpc) is 3.13. The van der Waals surface area contributed by atoms with E-state index in [2.05, 4.69) is 20.8 Å². The molecule has 1 heterocycles. The van der Waals surface area contributed by atoms with Gasteiger partial charge in [0.1, 0.15) is 5.82 Å². The van der Waals surface area contributed by atoms with Crippen molar-refractivity contribution in [2.24, 2.45) is 0 Å². The summed E-state index contributed by atoms with van der Waals surface area (Å²) < 4.78 is 28.0. The standard InChI is InChI=1S/C21H23N3O2S/c25-27(26,22-14-13-16-7-3-1-4-8-16)18-11-12-19-20(15-18)24-21(23-19)17-9-5-2-6-10-17/h2,5-7,9-12,15,22H,1,3-4,8,13-14H2,(H,23,24). The highest BCUT2D eigenvalue weighted by molar-refractivity contribution is 7.89. The largest absolute Gasteiger partial charge is 0.338 e. The van der Waals surface area contributed by atoms with Gasteiger partial charge in [-0.15, -0.1) is 0 Å². The molecule has 0 radical (unpaired) electrons. The van der Waals surface area contributed by atoms with E-state index in [0.717, 1.165) is 36.2 Å². The molecule has 3 aromatic rings. The van der Waals surface area contributed by atoms with Crippen molar-refractivity contribution in [3.8, 4) is 11.4 Å². The fraction of sp³-hybridized carbons (Fsp3) is 0.286. The van der Waals surface area contributed by atoms with Gasteiger partial charge in [0.05, 0.1) is 15.9 Å². The Balaban J connectivity index is 1.51. The normalized spacial score (nSPS) is 15.0. The van der Waals surface area contributed by atoms with Crippen LogP contribution in [0.4, 0.5) is 0 Å². The molecule has 0 aliphatic heterocycles. The van der Waals surface area contributed by atoms with Crippen LogP contribution in [0, 0.1) is 0 Å². The molecule has 4 rings (SSSR count). The second-order valence-electron chi connectivity index (χ2n) is 6.89. The van der Waals surface area contributed by atoms with E-state index >= 15 is 0 Å². The molecule has 0 amide bonds. The first-order valence-corrected chi connectivity index (χ1v) is 10.8. The summed E-state index contributed by atoms with van der Waals surface area (Å²) >= 11 is 0. The van der Waals surface area contributed by atoms with Crippen molar-refractivity contribution in [1.82, 2.24) is 14.7 Å². The van der Waals surface area contributed by atoms with Gasteiger partial charge in [-0.3, -0.25) is 0 Å². The fourth-order valence-electron chi connectivity index (χ4n) is 3.45. The van der Waals surface area contributed by atoms with Crippen LogP contribution in [0.15, 0.2) is 65.1 Å². The third-order valence-corrected chi connectivity index (χ3v) is 6.39. The minimum Gasteiger partial charge on any atom is -0.338 e. The number of nitrogens with zero attached hydrogens (tertiary/aromatic N) is 1. The monoisotopic (exact) mass is 381 g/mol. The molecule has 0 unspecified atom stereocenters. The smallest absolute Gasteiger partial charge is 0.240 e. The van der Waals surface area contributed by atoms with E-state index in [0.29, 0.717) is 12.1 Å². The molecule has 1 aliphatic carbocycles. The maximum absolute atomic E-state index is 12.6. The number of allylic oxidation sites excluding steroid dienone is 1. The number of rotatable bonds is 6. The van der Waals surface area contributed by atoms with E-state index in [-0.39, 0.29) is 4.90 Å². The molecule has 0 atom stereocenters. The summed E-state index contributed by atoms with van der Waals surface area (Å²) in [5.74, 6) is 0.734. The molecule has 0 fully saturated rings. The van der Waals surface area contributed by atoms with Gasteiger partial charge >= 0.3 is 0 Å². The number of hydrogen-bond donors (Lipinski definition) is 2. The van der Waals surface area contributed by atoms with Crippen molar-refractivity contribution in [3.63, 3.8) is 0 Å². The second kappa shape index (κ2) is 7.66. The van der Waals surface area contributed by atoms with Gasteiger partial charge in [0.15, 0.2) is 0 Å². The van der Waals surface area contributed by atoms with Crippen LogP contribution in [0.1, 0.15) is 32.1 Å². The SMILES string of the molecule is O=S(=O)(NCCC1=CCCCC1)c1ccc2nc(-c3ccccc3)[nH]c2c1. The zero-order valence-electron chi connectivity index (χ0n) is 15.1. The van der Waals surface area contributed by atoms with Crippen LogP contribution >= 0.6 is 0 Å². The van der Waals surface area contributed by atoms with Crippen LogP contribution < -0.4 is 4.72 Å². The first-order valence-electron chi connectivity index (χ1n) is 9.35. The summed E-state index contributed by atoms with van der Waals surface area (Å²) in [7, 11) is -3.53. The Morgan fingerprint density at radius 2 is 1.93 bits per heavy atom. The minimum absolute atomic E-state index is 0.260. The van der Waals surface area contributed by atoms with Gasteiger partial charge in [0.2, 0.25) is 10.0 Å². The lowest BCUT2D eigenvalue weighted by Gasteiger charge is -2.13. The molecule has 2 aromatic carbocycles. The quantitative estimate of drug-likeness (QED) is 0.622. The summed E-state index contributed by atoms with van der Waals surface area (Å²) in [5.41, 5.74) is 3.80. The Kier molecular flexibility index (Phi) is 5.09. The van der Waals surface area contributed by atoms with Crippen LogP contribution in [0.3, 0.4) is 0 Å². The van der Waals surface area contributed by atoms with E-state index in [1.807, 2.05) is 30.3 Å². The number of aromatic nitrogens is 2. The number of imidazole rings is 1. The summed E-state index contributed by atoms with van der Waals surface area (Å²) in [6.07, 6.45) is 7.68. The van der Waals surface area contributed by atoms with E-state index < -0.39 is 10.0 Å². The third-order valence-electron chi connectivity index (χ3n) is 4.93. The average molecular weight is 382 g/mol. The van der Waals surface area contributed by atoms with Crippen molar-refractivity contribution >= 4 is 21.1 Å². The Morgan fingerprint density at radius 1 is 1.07 bits per heavy atom. The van der Waals surface area contributed by atoms with Crippen molar-refractivity contribution in [2.75, 3.05) is 6.54 Å². The number of fused-ring (bicyclic) bond motifs is 1. The number of benzene rings is 2. The van der Waals surface area contributed by atoms with Gasteiger partial charge in [0, 0.05) is 12.1 Å². The molecule has 5 nitrogen and oxygen atoms in total. The van der Waals surface area contributed by atoms with Crippen LogP contribution in [0.5, 0.6) is 0 Å². The third kappa shape index (κ3) is 4.12. The van der Waals surface area contributed by atoms with Gasteiger partial charge in [0.25, 0.3) is 0 Å². The van der Waals surface area contributed by atoms with E-state index in [1.165, 1.54) is 18.4 Å². The predicted molar refractivity (Wildman–Crippen MR) is 108 cm³/mol. The Labute approximate surface area is 159 Å². The number of aromatic amines is 1. The van der Waals surface area contributed by atoms with E-state index in [4.69, 9.17) is 0 Å². The highest BCUT2D eigenvalue weighted by atomic mass is 32.2. The first-order chi connectivity index (χ1) is 13.1. The molecule has 1 aromatic heterocycles. The molecule has 1 aliphatic rings. The molecular formula is C21H23N3O2S. The van der Waals surface area contributed by atoms with Crippen LogP contribution in [-0.2, 0) is 10.0 Å². The fourth-order valence-corrected chi connectivity index (χ4v) is 4.51. The van der Waals surface area contributed by atoms with Gasteiger partial charge in [-0.05, 0) is 50.3 Å². The molecule has 2 N–H and O–H groups in total. The molecular weight excluding hydrogens is 358 g/mol. The number of hydrogen-bond acceptors (Lipinski definition) is 3. The number of H-pyrrole nitrogens is 1. The van der Waals surface area contributed by atoms with E-state index in [1.54, 1.807) is 18.2 Å². The maximum Gasteiger partial charge on any atom is 0.240 e. The molecule has 0 saturated heterocycles. The summed E-state index contributed by atoms with van der Waals surface area (Å²) in [6.45, 7) is 0.435. The van der Waals surface area contributed by atoms with Crippen molar-refractivity contribution < 1.29 is 8.42 Å². The molecule has 27 heavy (non-hydrogen) atoms. The zero-order valence-corrected chi connectivity index (χ0v) is 15.9. The van der Waals surface area contributed by atoms with Crippen LogP contribution in [0.2, 0.25) is 0 Å². The maximum atomic E-state index is 12.6. The summed E-state index contributed by atoms with van der Waals surface area (Å²) in [5, 5.41) is 0. The predicted octanol–water partition coefficient (Wildman–Crippen LogP) is 4.40. The lowest BCUT2D eigenvalue weighted by Crippen LogP contribution is -2.25. The Bertz CT molecular complexity index is 1070. The van der Waals surface area contributed by atoms with Gasteiger partial charge in [-0.2, -0.15) is 0 Å². The topological polar surface area (TPSA) is 74.8 Å². The lowest BCUT2D eigenvalue weighted by molar-refractivity contribution is 0.579. The second-order valence-corrected chi connectivity index (χ2v) is 8.65. The van der Waals surface area contributed by atoms with Crippen LogP contribution in [-0.4, -0.2) is 24.9 Å². The van der Waals surface area contributed by atoms with Crippen molar-refractivity contribution in [2.45, 2.75) is 37.0 Å². The Morgan fingerprint density at radius 3 is 2.70 bits per heavy atom. The Hall–Kier alpha value is -2.44. The van der Waals surface area contributed by atoms with E-state index in [9.17, 15) is 8.42 Å². The minimum atomic E-state index is -3.53. The van der Waals surface area contributed by atoms with Crippen LogP contribution in [0.25, 0.3) is 22.4 Å². The van der Waals surface area contributed by atoms with Crippen molar-refractivity contribution in [3.05, 3.63) is 60.2 Å². The van der Waals surface area contributed by atoms with Gasteiger partial charge in [-0.25, -0.2) is 18.1 Å². The number of nitrogens with one attached hydrogen (secondary N) is 2. The van der Waals surface area contributed by atoms with Gasteiger partial charge in [-0.1, -0.05) is 42.0 Å². The zero-order chi connectivity index (χ0) is 18.7. The highest BCUT2D eigenvalue weighted by Gasteiger charge is 2.16. The molecule has 0 bridgehead atoms. The molecule has 6 heteroatoms. The lowest BCUT2D eigenvalue weighted by atomic mass is 9.97. The number of sulfonamides is 1. The first kappa shape index (κ1) is 17.9. The van der Waals surface area contributed by atoms with Crippen molar-refractivity contribution in [1.29, 1.82) is 0 Å². The summed E-state index contributed by atoms with van der Waals surface area (Å²) in [6, 6.07) is 14.8. The summed E-state index contributed by atoms with van der Waals surface area (Å²) in [4.78, 5) is 8.03. The molecule has 0 spiro atoms. The molecule has 0 saturated carbocycles. The molecule has 140 valence electrons. The highest BCUT2D eigenvalue weighted by Crippen LogP contribution is 2.23. The van der Waals surface area contributed by atoms with Gasteiger partial charge < -0.3 is 4.98 Å².